The Balaban J connectivity index is 1.39. The molecule has 4 aromatic rings. The summed E-state index contributed by atoms with van der Waals surface area (Å²) >= 11 is 0. The van der Waals surface area contributed by atoms with Crippen LogP contribution in [0.3, 0.4) is 0 Å². The molecule has 2 aromatic heterocycles. The summed E-state index contributed by atoms with van der Waals surface area (Å²) in [7, 11) is 1.66. The van der Waals surface area contributed by atoms with E-state index in [1.54, 1.807) is 7.11 Å². The van der Waals surface area contributed by atoms with Crippen molar-refractivity contribution in [1.82, 2.24) is 30.1 Å². The van der Waals surface area contributed by atoms with Crippen molar-refractivity contribution in [2.75, 3.05) is 38.2 Å². The summed E-state index contributed by atoms with van der Waals surface area (Å²) in [6.45, 7) is 7.69. The molecule has 2 fully saturated rings. The molecule has 39 heavy (non-hydrogen) atoms. The highest BCUT2D eigenvalue weighted by Gasteiger charge is 2.34. The maximum absolute atomic E-state index is 13.6. The minimum absolute atomic E-state index is 0.104. The highest BCUT2D eigenvalue weighted by molar-refractivity contribution is 5.80. The summed E-state index contributed by atoms with van der Waals surface area (Å²) in [5.74, 6) is 1.51. The van der Waals surface area contributed by atoms with E-state index in [1.807, 2.05) is 28.9 Å². The molecule has 1 saturated heterocycles. The number of H-pyrrole nitrogens is 1. The van der Waals surface area contributed by atoms with Crippen molar-refractivity contribution in [2.24, 2.45) is 0 Å². The number of methoxy groups -OCH3 is 1. The fourth-order valence-electron chi connectivity index (χ4n) is 6.30. The van der Waals surface area contributed by atoms with E-state index >= 15 is 0 Å². The van der Waals surface area contributed by atoms with Crippen molar-refractivity contribution in [2.45, 2.75) is 58.0 Å². The molecule has 1 N–H and O–H groups in total. The maximum atomic E-state index is 13.6. The first-order valence-electron chi connectivity index (χ1n) is 14.1. The molecule has 1 atom stereocenters. The van der Waals surface area contributed by atoms with Crippen LogP contribution in [0.2, 0.25) is 0 Å². The van der Waals surface area contributed by atoms with E-state index in [-0.39, 0.29) is 17.6 Å². The van der Waals surface area contributed by atoms with Gasteiger partial charge in [0, 0.05) is 48.3 Å². The second kappa shape index (κ2) is 10.8. The number of hydrogen-bond donors (Lipinski definition) is 1. The zero-order valence-corrected chi connectivity index (χ0v) is 23.1. The minimum atomic E-state index is -0.345. The van der Waals surface area contributed by atoms with Gasteiger partial charge in [0.05, 0.1) is 13.2 Å². The lowest BCUT2D eigenvalue weighted by atomic mass is 9.95. The lowest BCUT2D eigenvalue weighted by Crippen LogP contribution is -2.49. The van der Waals surface area contributed by atoms with Crippen molar-refractivity contribution >= 4 is 16.6 Å². The van der Waals surface area contributed by atoms with Gasteiger partial charge >= 0.3 is 0 Å². The van der Waals surface area contributed by atoms with Gasteiger partial charge in [0.1, 0.15) is 11.8 Å². The molecule has 0 unspecified atom stereocenters. The van der Waals surface area contributed by atoms with E-state index in [0.717, 1.165) is 61.5 Å². The van der Waals surface area contributed by atoms with E-state index < -0.39 is 0 Å². The number of aryl methyl sites for hydroxylation is 1. The van der Waals surface area contributed by atoms with Crippen LogP contribution in [0.1, 0.15) is 66.7 Å². The van der Waals surface area contributed by atoms with Gasteiger partial charge in [0.15, 0.2) is 5.82 Å². The first kappa shape index (κ1) is 25.6. The summed E-state index contributed by atoms with van der Waals surface area (Å²) in [5.41, 5.74) is 5.26. The molecule has 6 rings (SSSR count). The predicted molar refractivity (Wildman–Crippen MR) is 153 cm³/mol. The van der Waals surface area contributed by atoms with Gasteiger partial charge in [0.2, 0.25) is 0 Å². The van der Waals surface area contributed by atoms with Gasteiger partial charge in [-0.25, -0.2) is 4.68 Å². The molecule has 0 amide bonds. The Morgan fingerprint density at radius 3 is 2.56 bits per heavy atom. The largest absolute Gasteiger partial charge is 0.497 e. The van der Waals surface area contributed by atoms with E-state index in [9.17, 15) is 4.79 Å². The van der Waals surface area contributed by atoms with Gasteiger partial charge < -0.3 is 14.6 Å². The standard InChI is InChI=1S/C30H37N7O2/c1-20-8-7-11-27(21(20)2)35-14-16-36(17-15-35)28(29-32-33-34-37(29)23-9-5-4-6-10-23)25-19-22-18-24(39-3)12-13-26(22)31-30(25)38/h7-8,11-13,18-19,23,28H,4-6,9-10,14-17H2,1-3H3,(H,31,38)/t28-/m0/s1. The van der Waals surface area contributed by atoms with Crippen molar-refractivity contribution in [3.8, 4) is 5.75 Å². The smallest absolute Gasteiger partial charge is 0.253 e. The molecule has 1 aliphatic carbocycles. The Hall–Kier alpha value is -3.72. The molecule has 3 heterocycles. The van der Waals surface area contributed by atoms with Gasteiger partial charge in [-0.1, -0.05) is 31.4 Å². The topological polar surface area (TPSA) is 92.2 Å². The highest BCUT2D eigenvalue weighted by Crippen LogP contribution is 2.34. The molecule has 0 bridgehead atoms. The third-order valence-electron chi connectivity index (χ3n) is 8.65. The Bertz CT molecular complexity index is 1510. The number of ether oxygens (including phenoxy) is 1. The molecule has 0 radical (unpaired) electrons. The summed E-state index contributed by atoms with van der Waals surface area (Å²) < 4.78 is 7.48. The van der Waals surface area contributed by atoms with Crippen LogP contribution in [-0.2, 0) is 0 Å². The number of fused-ring (bicyclic) bond motifs is 1. The van der Waals surface area contributed by atoms with Crippen molar-refractivity contribution in [1.29, 1.82) is 0 Å². The third-order valence-corrected chi connectivity index (χ3v) is 8.65. The number of tetrazole rings is 1. The number of aromatic nitrogens is 5. The Morgan fingerprint density at radius 1 is 1.00 bits per heavy atom. The quantitative estimate of drug-likeness (QED) is 0.393. The normalized spacial score (nSPS) is 18.0. The summed E-state index contributed by atoms with van der Waals surface area (Å²) in [5, 5.41) is 14.1. The molecule has 0 spiro atoms. The van der Waals surface area contributed by atoms with Crippen LogP contribution in [0.5, 0.6) is 5.75 Å². The van der Waals surface area contributed by atoms with Crippen molar-refractivity contribution in [3.63, 3.8) is 0 Å². The Morgan fingerprint density at radius 2 is 1.79 bits per heavy atom. The van der Waals surface area contributed by atoms with Crippen LogP contribution < -0.4 is 15.2 Å². The SMILES string of the molecule is COc1ccc2[nH]c(=O)c([C@@H](c3nnnn3C3CCCCC3)N3CCN(c4cccc(C)c4C)CC3)cc2c1. The maximum Gasteiger partial charge on any atom is 0.253 e. The van der Waals surface area contributed by atoms with Crippen LogP contribution in [0.25, 0.3) is 10.9 Å². The summed E-state index contributed by atoms with van der Waals surface area (Å²) in [6.07, 6.45) is 5.75. The molecule has 204 valence electrons. The molecule has 9 nitrogen and oxygen atoms in total. The number of nitrogens with one attached hydrogen (secondary N) is 1. The fourth-order valence-corrected chi connectivity index (χ4v) is 6.30. The fraction of sp³-hybridized carbons (Fsp3) is 0.467. The second-order valence-electron chi connectivity index (χ2n) is 10.9. The van der Waals surface area contributed by atoms with Gasteiger partial charge in [0.25, 0.3) is 5.56 Å². The van der Waals surface area contributed by atoms with Crippen molar-refractivity contribution < 1.29 is 4.74 Å². The molecular weight excluding hydrogens is 490 g/mol. The van der Waals surface area contributed by atoms with Crippen molar-refractivity contribution in [3.05, 3.63) is 75.3 Å². The number of aromatic amines is 1. The van der Waals surface area contributed by atoms with Crippen LogP contribution in [0.15, 0.2) is 47.3 Å². The summed E-state index contributed by atoms with van der Waals surface area (Å²) in [4.78, 5) is 21.6. The number of nitrogens with zero attached hydrogens (tertiary/aromatic N) is 6. The Labute approximate surface area is 228 Å². The van der Waals surface area contributed by atoms with Gasteiger partial charge in [-0.3, -0.25) is 9.69 Å². The van der Waals surface area contributed by atoms with E-state index in [4.69, 9.17) is 4.74 Å². The zero-order chi connectivity index (χ0) is 26.9. The number of hydrogen-bond acceptors (Lipinski definition) is 7. The molecule has 9 heteroatoms. The minimum Gasteiger partial charge on any atom is -0.497 e. The summed E-state index contributed by atoms with van der Waals surface area (Å²) in [6, 6.07) is 14.2. The predicted octanol–water partition coefficient (Wildman–Crippen LogP) is 4.56. The van der Waals surface area contributed by atoms with Gasteiger partial charge in [-0.15, -0.1) is 5.10 Å². The highest BCUT2D eigenvalue weighted by atomic mass is 16.5. The Kier molecular flexibility index (Phi) is 7.08. The molecular formula is C30H37N7O2. The monoisotopic (exact) mass is 527 g/mol. The molecule has 1 saturated carbocycles. The third kappa shape index (κ3) is 4.91. The zero-order valence-electron chi connectivity index (χ0n) is 23.1. The van der Waals surface area contributed by atoms with Gasteiger partial charge in [-0.05, 0) is 78.6 Å². The number of rotatable bonds is 6. The number of pyridine rings is 1. The molecule has 2 aliphatic rings. The number of piperazine rings is 1. The van der Waals surface area contributed by atoms with E-state index in [1.165, 1.54) is 36.1 Å². The second-order valence-corrected chi connectivity index (χ2v) is 10.9. The first-order chi connectivity index (χ1) is 19.0. The molecule has 2 aromatic carbocycles. The average molecular weight is 528 g/mol. The average Bonchev–Trinajstić information content (AvgIpc) is 3.45. The van der Waals surface area contributed by atoms with E-state index in [0.29, 0.717) is 5.56 Å². The number of benzene rings is 2. The lowest BCUT2D eigenvalue weighted by Gasteiger charge is -2.40. The molecule has 1 aliphatic heterocycles. The van der Waals surface area contributed by atoms with Crippen LogP contribution >= 0.6 is 0 Å². The number of anilines is 1. The first-order valence-corrected chi connectivity index (χ1v) is 14.1. The van der Waals surface area contributed by atoms with Gasteiger partial charge in [-0.2, -0.15) is 0 Å². The van der Waals surface area contributed by atoms with Crippen LogP contribution in [0, 0.1) is 13.8 Å². The van der Waals surface area contributed by atoms with E-state index in [2.05, 4.69) is 62.4 Å². The van der Waals surface area contributed by atoms with Crippen LogP contribution in [0.4, 0.5) is 5.69 Å². The van der Waals surface area contributed by atoms with Crippen LogP contribution in [-0.4, -0.2) is 63.4 Å². The lowest BCUT2D eigenvalue weighted by molar-refractivity contribution is 0.192.